The number of nitrogen functional groups attached to an aromatic ring is 2. The highest BCUT2D eigenvalue weighted by molar-refractivity contribution is 9.10. The van der Waals surface area contributed by atoms with Crippen molar-refractivity contribution in [1.29, 1.82) is 0 Å². The zero-order chi connectivity index (χ0) is 14.3. The Morgan fingerprint density at radius 3 is 2.65 bits per heavy atom. The van der Waals surface area contributed by atoms with E-state index in [2.05, 4.69) is 15.9 Å². The molecule has 1 aliphatic rings. The van der Waals surface area contributed by atoms with E-state index in [-0.39, 0.29) is 12.5 Å². The maximum atomic E-state index is 12.2. The van der Waals surface area contributed by atoms with Gasteiger partial charge in [0.05, 0.1) is 17.1 Å². The molecule has 0 saturated carbocycles. The molecule has 4 N–H and O–H groups in total. The molecule has 0 unspecified atom stereocenters. The lowest BCUT2D eigenvalue weighted by Gasteiger charge is -2.30. The number of rotatable bonds is 1. The molecule has 0 spiro atoms. The van der Waals surface area contributed by atoms with Crippen LogP contribution in [0.25, 0.3) is 0 Å². The van der Waals surface area contributed by atoms with Gasteiger partial charge in [0.2, 0.25) is 0 Å². The summed E-state index contributed by atoms with van der Waals surface area (Å²) in [6.07, 6.45) is 0. The lowest BCUT2D eigenvalue weighted by Crippen LogP contribution is -2.35. The fraction of sp³-hybridized carbons (Fsp3) is 0.0714. The molecule has 5 nitrogen and oxygen atoms in total. The monoisotopic (exact) mass is 333 g/mol. The number of nitrogens with zero attached hydrogens (tertiary/aromatic N) is 1. The molecule has 2 aromatic carbocycles. The Morgan fingerprint density at radius 1 is 1.10 bits per heavy atom. The fourth-order valence-electron chi connectivity index (χ4n) is 2.16. The first-order chi connectivity index (χ1) is 9.56. The van der Waals surface area contributed by atoms with Gasteiger partial charge in [0.1, 0.15) is 5.75 Å². The van der Waals surface area contributed by atoms with Gasteiger partial charge >= 0.3 is 0 Å². The van der Waals surface area contributed by atoms with E-state index in [0.717, 1.165) is 4.47 Å². The molecule has 0 atom stereocenters. The number of halogens is 1. The van der Waals surface area contributed by atoms with E-state index in [9.17, 15) is 4.79 Å². The molecule has 0 fully saturated rings. The lowest BCUT2D eigenvalue weighted by atomic mass is 10.1. The molecule has 0 radical (unpaired) electrons. The zero-order valence-corrected chi connectivity index (χ0v) is 12.1. The second-order valence-corrected chi connectivity index (χ2v) is 5.36. The molecule has 0 aliphatic carbocycles. The van der Waals surface area contributed by atoms with Crippen LogP contribution >= 0.6 is 15.9 Å². The predicted octanol–water partition coefficient (Wildman–Crippen LogP) is 2.67. The van der Waals surface area contributed by atoms with Crippen LogP contribution < -0.4 is 21.1 Å². The maximum absolute atomic E-state index is 12.2. The van der Waals surface area contributed by atoms with Gasteiger partial charge in [-0.3, -0.25) is 9.69 Å². The molecule has 1 aliphatic heterocycles. The normalized spacial score (nSPS) is 13.8. The van der Waals surface area contributed by atoms with Crippen molar-refractivity contribution in [3.63, 3.8) is 0 Å². The van der Waals surface area contributed by atoms with E-state index in [1.54, 1.807) is 30.3 Å². The minimum absolute atomic E-state index is 0.0214. The summed E-state index contributed by atoms with van der Waals surface area (Å²) in [5, 5.41) is 0. The van der Waals surface area contributed by atoms with Crippen molar-refractivity contribution < 1.29 is 9.53 Å². The van der Waals surface area contributed by atoms with Crippen LogP contribution in [0.2, 0.25) is 0 Å². The fourth-order valence-corrected chi connectivity index (χ4v) is 2.54. The number of anilines is 4. The van der Waals surface area contributed by atoms with Crippen LogP contribution in [0.15, 0.2) is 40.9 Å². The summed E-state index contributed by atoms with van der Waals surface area (Å²) in [4.78, 5) is 13.7. The number of hydrogen-bond donors (Lipinski definition) is 2. The highest BCUT2D eigenvalue weighted by Gasteiger charge is 2.28. The average Bonchev–Trinajstić information content (AvgIpc) is 2.40. The first-order valence-electron chi connectivity index (χ1n) is 5.96. The Morgan fingerprint density at radius 2 is 1.90 bits per heavy atom. The largest absolute Gasteiger partial charge is 0.482 e. The van der Waals surface area contributed by atoms with Crippen LogP contribution in [-0.4, -0.2) is 12.5 Å². The smallest absolute Gasteiger partial charge is 0.269 e. The SMILES string of the molecule is Nc1ccc2c(c1)N(c1ccc(Br)cc1N)C(=O)CO2. The molecule has 1 amide bonds. The van der Waals surface area contributed by atoms with Crippen LogP contribution in [0.1, 0.15) is 0 Å². The van der Waals surface area contributed by atoms with Crippen LogP contribution in [-0.2, 0) is 4.79 Å². The number of carbonyl (C=O) groups excluding carboxylic acids is 1. The van der Waals surface area contributed by atoms with E-state index >= 15 is 0 Å². The number of carbonyl (C=O) groups is 1. The number of amides is 1. The first kappa shape index (κ1) is 12.8. The number of nitrogens with two attached hydrogens (primary N) is 2. The highest BCUT2D eigenvalue weighted by Crippen LogP contribution is 2.40. The molecule has 0 saturated heterocycles. The van der Waals surface area contributed by atoms with Gasteiger partial charge in [0.15, 0.2) is 6.61 Å². The number of fused-ring (bicyclic) bond motifs is 1. The number of ether oxygens (including phenoxy) is 1. The van der Waals surface area contributed by atoms with E-state index in [1.165, 1.54) is 4.90 Å². The van der Waals surface area contributed by atoms with E-state index in [0.29, 0.717) is 28.5 Å². The van der Waals surface area contributed by atoms with E-state index in [1.807, 2.05) is 6.07 Å². The van der Waals surface area contributed by atoms with Crippen molar-refractivity contribution in [2.75, 3.05) is 23.0 Å². The number of benzene rings is 2. The molecular weight excluding hydrogens is 322 g/mol. The van der Waals surface area contributed by atoms with Gasteiger partial charge in [0, 0.05) is 10.2 Å². The van der Waals surface area contributed by atoms with Gasteiger partial charge in [-0.1, -0.05) is 15.9 Å². The predicted molar refractivity (Wildman–Crippen MR) is 82.0 cm³/mol. The third-order valence-electron chi connectivity index (χ3n) is 3.05. The van der Waals surface area contributed by atoms with Gasteiger partial charge in [-0.05, 0) is 36.4 Å². The number of hydrogen-bond acceptors (Lipinski definition) is 4. The lowest BCUT2D eigenvalue weighted by molar-refractivity contribution is -0.120. The van der Waals surface area contributed by atoms with Gasteiger partial charge in [-0.25, -0.2) is 0 Å². The van der Waals surface area contributed by atoms with Crippen LogP contribution in [0.3, 0.4) is 0 Å². The molecule has 3 rings (SSSR count). The molecule has 0 bridgehead atoms. The Bertz CT molecular complexity index is 703. The standard InChI is InChI=1S/C14H12BrN3O2/c15-8-1-3-11(10(17)5-8)18-12-6-9(16)2-4-13(12)20-7-14(18)19/h1-6H,7,16-17H2. The third kappa shape index (κ3) is 2.08. The van der Waals surface area contributed by atoms with Gasteiger partial charge in [0.25, 0.3) is 5.91 Å². The molecule has 2 aromatic rings. The summed E-state index contributed by atoms with van der Waals surface area (Å²) >= 11 is 3.35. The van der Waals surface area contributed by atoms with Crippen LogP contribution in [0.5, 0.6) is 5.75 Å². The van der Waals surface area contributed by atoms with Crippen molar-refractivity contribution in [1.82, 2.24) is 0 Å². The summed E-state index contributed by atoms with van der Waals surface area (Å²) in [5.41, 5.74) is 14.1. The summed E-state index contributed by atoms with van der Waals surface area (Å²) in [7, 11) is 0. The third-order valence-corrected chi connectivity index (χ3v) is 3.55. The van der Waals surface area contributed by atoms with Crippen molar-refractivity contribution in [3.8, 4) is 5.75 Å². The molecule has 102 valence electrons. The minimum atomic E-state index is -0.183. The zero-order valence-electron chi connectivity index (χ0n) is 10.5. The Kier molecular flexibility index (Phi) is 3.02. The average molecular weight is 334 g/mol. The van der Waals surface area contributed by atoms with Crippen molar-refractivity contribution in [2.24, 2.45) is 0 Å². The second kappa shape index (κ2) is 4.72. The van der Waals surface area contributed by atoms with Gasteiger partial charge < -0.3 is 16.2 Å². The molecule has 6 heteroatoms. The molecule has 1 heterocycles. The molecule has 0 aromatic heterocycles. The Balaban J connectivity index is 2.18. The summed E-state index contributed by atoms with van der Waals surface area (Å²) in [6, 6.07) is 10.6. The second-order valence-electron chi connectivity index (χ2n) is 4.45. The Labute approximate surface area is 124 Å². The Hall–Kier alpha value is -2.21. The van der Waals surface area contributed by atoms with Crippen molar-refractivity contribution >= 4 is 44.6 Å². The van der Waals surface area contributed by atoms with E-state index < -0.39 is 0 Å². The quantitative estimate of drug-likeness (QED) is 0.786. The summed E-state index contributed by atoms with van der Waals surface area (Å²) in [5.74, 6) is 0.429. The minimum Gasteiger partial charge on any atom is -0.482 e. The van der Waals surface area contributed by atoms with Gasteiger partial charge in [-0.2, -0.15) is 0 Å². The maximum Gasteiger partial charge on any atom is 0.269 e. The molecule has 20 heavy (non-hydrogen) atoms. The van der Waals surface area contributed by atoms with Crippen LogP contribution in [0, 0.1) is 0 Å². The van der Waals surface area contributed by atoms with Crippen molar-refractivity contribution in [3.05, 3.63) is 40.9 Å². The molecular formula is C14H12BrN3O2. The van der Waals surface area contributed by atoms with Crippen molar-refractivity contribution in [2.45, 2.75) is 0 Å². The summed E-state index contributed by atoms with van der Waals surface area (Å²) in [6.45, 7) is -0.0214. The highest BCUT2D eigenvalue weighted by atomic mass is 79.9. The first-order valence-corrected chi connectivity index (χ1v) is 6.76. The topological polar surface area (TPSA) is 81.6 Å². The summed E-state index contributed by atoms with van der Waals surface area (Å²) < 4.78 is 6.26. The van der Waals surface area contributed by atoms with E-state index in [4.69, 9.17) is 16.2 Å². The van der Waals surface area contributed by atoms with Gasteiger partial charge in [-0.15, -0.1) is 0 Å². The van der Waals surface area contributed by atoms with Crippen LogP contribution in [0.4, 0.5) is 22.7 Å².